The SMILES string of the molecule is CCNC(=NCc1ccnc(-n2ccnc2)c1)NCC1CC(=O)Nc2ccccc21. The van der Waals surface area contributed by atoms with Crippen LogP contribution in [-0.2, 0) is 11.3 Å². The third kappa shape index (κ3) is 4.65. The summed E-state index contributed by atoms with van der Waals surface area (Å²) in [5.74, 6) is 1.68. The van der Waals surface area contributed by atoms with Gasteiger partial charge in [0, 0.05) is 49.7 Å². The van der Waals surface area contributed by atoms with E-state index in [4.69, 9.17) is 4.99 Å². The number of nitrogens with one attached hydrogen (secondary N) is 3. The number of anilines is 1. The highest BCUT2D eigenvalue weighted by Crippen LogP contribution is 2.31. The molecule has 0 radical (unpaired) electrons. The number of carbonyl (C=O) groups is 1. The van der Waals surface area contributed by atoms with E-state index in [1.165, 1.54) is 0 Å². The van der Waals surface area contributed by atoms with Gasteiger partial charge in [0.2, 0.25) is 5.91 Å². The minimum Gasteiger partial charge on any atom is -0.357 e. The lowest BCUT2D eigenvalue weighted by atomic mass is 9.90. The summed E-state index contributed by atoms with van der Waals surface area (Å²) in [7, 11) is 0. The number of fused-ring (bicyclic) bond motifs is 1. The third-order valence-electron chi connectivity index (χ3n) is 4.97. The summed E-state index contributed by atoms with van der Waals surface area (Å²) in [6.07, 6.45) is 7.54. The normalized spacial score (nSPS) is 16.0. The van der Waals surface area contributed by atoms with E-state index < -0.39 is 0 Å². The smallest absolute Gasteiger partial charge is 0.225 e. The number of aliphatic imine (C=N–C) groups is 1. The first-order chi connectivity index (χ1) is 14.7. The molecule has 4 rings (SSSR count). The van der Waals surface area contributed by atoms with Crippen molar-refractivity contribution in [2.75, 3.05) is 18.4 Å². The fourth-order valence-electron chi connectivity index (χ4n) is 3.51. The maximum Gasteiger partial charge on any atom is 0.225 e. The van der Waals surface area contributed by atoms with Crippen LogP contribution in [0.25, 0.3) is 5.82 Å². The summed E-state index contributed by atoms with van der Waals surface area (Å²) < 4.78 is 1.86. The Hall–Kier alpha value is -3.68. The number of aromatic nitrogens is 3. The summed E-state index contributed by atoms with van der Waals surface area (Å²) >= 11 is 0. The summed E-state index contributed by atoms with van der Waals surface area (Å²) in [6, 6.07) is 11.9. The Morgan fingerprint density at radius 2 is 2.17 bits per heavy atom. The number of rotatable bonds is 6. The van der Waals surface area contributed by atoms with Crippen LogP contribution in [-0.4, -0.2) is 39.5 Å². The molecule has 3 heterocycles. The van der Waals surface area contributed by atoms with E-state index in [-0.39, 0.29) is 11.8 Å². The van der Waals surface area contributed by atoms with Gasteiger partial charge in [-0.15, -0.1) is 0 Å². The lowest BCUT2D eigenvalue weighted by molar-refractivity contribution is -0.116. The van der Waals surface area contributed by atoms with E-state index in [9.17, 15) is 4.79 Å². The van der Waals surface area contributed by atoms with Crippen LogP contribution in [0.1, 0.15) is 30.4 Å². The van der Waals surface area contributed by atoms with Gasteiger partial charge in [0.25, 0.3) is 0 Å². The van der Waals surface area contributed by atoms with Crippen molar-refractivity contribution in [3.05, 3.63) is 72.4 Å². The molecule has 154 valence electrons. The first-order valence-electron chi connectivity index (χ1n) is 10.1. The number of carbonyl (C=O) groups excluding carboxylic acids is 1. The van der Waals surface area contributed by atoms with Gasteiger partial charge in [-0.3, -0.25) is 9.36 Å². The molecule has 1 unspecified atom stereocenters. The number of benzene rings is 1. The number of pyridine rings is 1. The average molecular weight is 403 g/mol. The highest BCUT2D eigenvalue weighted by atomic mass is 16.1. The van der Waals surface area contributed by atoms with Crippen LogP contribution in [0.5, 0.6) is 0 Å². The minimum absolute atomic E-state index is 0.0475. The van der Waals surface area contributed by atoms with E-state index >= 15 is 0 Å². The van der Waals surface area contributed by atoms with Crippen LogP contribution < -0.4 is 16.0 Å². The van der Waals surface area contributed by atoms with E-state index in [0.717, 1.165) is 35.1 Å². The van der Waals surface area contributed by atoms with Gasteiger partial charge in [0.05, 0.1) is 6.54 Å². The van der Waals surface area contributed by atoms with Crippen LogP contribution in [0.4, 0.5) is 5.69 Å². The Labute approximate surface area is 175 Å². The molecule has 1 atom stereocenters. The van der Waals surface area contributed by atoms with E-state index in [1.54, 1.807) is 18.7 Å². The molecule has 8 heteroatoms. The Kier molecular flexibility index (Phi) is 6.03. The topological polar surface area (TPSA) is 96.2 Å². The highest BCUT2D eigenvalue weighted by Gasteiger charge is 2.24. The van der Waals surface area contributed by atoms with Gasteiger partial charge in [0.15, 0.2) is 5.96 Å². The predicted molar refractivity (Wildman–Crippen MR) is 117 cm³/mol. The molecular weight excluding hydrogens is 378 g/mol. The second-order valence-electron chi connectivity index (χ2n) is 7.10. The second kappa shape index (κ2) is 9.21. The number of imidazole rings is 1. The molecule has 1 aromatic carbocycles. The van der Waals surface area contributed by atoms with Gasteiger partial charge in [0.1, 0.15) is 12.1 Å². The van der Waals surface area contributed by atoms with E-state index in [0.29, 0.717) is 19.5 Å². The van der Waals surface area contributed by atoms with Gasteiger partial charge in [-0.2, -0.15) is 0 Å². The molecule has 3 N–H and O–H groups in total. The lowest BCUT2D eigenvalue weighted by Crippen LogP contribution is -2.40. The van der Waals surface area contributed by atoms with Crippen LogP contribution in [0.2, 0.25) is 0 Å². The van der Waals surface area contributed by atoms with Crippen molar-refractivity contribution in [2.45, 2.75) is 25.8 Å². The minimum atomic E-state index is 0.0475. The van der Waals surface area contributed by atoms with Crippen LogP contribution in [0.3, 0.4) is 0 Å². The predicted octanol–water partition coefficient (Wildman–Crippen LogP) is 2.45. The van der Waals surface area contributed by atoms with Gasteiger partial charge in [-0.25, -0.2) is 15.0 Å². The first-order valence-corrected chi connectivity index (χ1v) is 10.1. The lowest BCUT2D eigenvalue weighted by Gasteiger charge is -2.26. The first kappa shape index (κ1) is 19.6. The number of amides is 1. The number of guanidine groups is 1. The maximum atomic E-state index is 12.0. The molecule has 0 spiro atoms. The van der Waals surface area contributed by atoms with Crippen molar-refractivity contribution in [1.29, 1.82) is 0 Å². The zero-order chi connectivity index (χ0) is 20.8. The molecule has 0 saturated carbocycles. The monoisotopic (exact) mass is 403 g/mol. The molecule has 1 aliphatic heterocycles. The molecule has 3 aromatic rings. The molecule has 1 amide bonds. The fraction of sp³-hybridized carbons (Fsp3) is 0.273. The summed E-state index contributed by atoms with van der Waals surface area (Å²) in [5, 5.41) is 9.61. The molecule has 2 aromatic heterocycles. The Balaban J connectivity index is 1.44. The Bertz CT molecular complexity index is 1030. The summed E-state index contributed by atoms with van der Waals surface area (Å²) in [4.78, 5) is 25.2. The Morgan fingerprint density at radius 3 is 3.00 bits per heavy atom. The Morgan fingerprint density at radius 1 is 1.27 bits per heavy atom. The van der Waals surface area contributed by atoms with Crippen LogP contribution >= 0.6 is 0 Å². The summed E-state index contributed by atoms with van der Waals surface area (Å²) in [5.41, 5.74) is 3.10. The molecule has 0 fully saturated rings. The molecule has 0 saturated heterocycles. The van der Waals surface area contributed by atoms with Gasteiger partial charge >= 0.3 is 0 Å². The second-order valence-corrected chi connectivity index (χ2v) is 7.10. The number of nitrogens with zero attached hydrogens (tertiary/aromatic N) is 4. The van der Waals surface area contributed by atoms with Gasteiger partial charge < -0.3 is 16.0 Å². The number of para-hydroxylation sites is 1. The molecule has 0 bridgehead atoms. The van der Waals surface area contributed by atoms with Crippen LogP contribution in [0, 0.1) is 0 Å². The zero-order valence-corrected chi connectivity index (χ0v) is 16.9. The molecule has 0 aliphatic carbocycles. The molecule has 30 heavy (non-hydrogen) atoms. The molecule has 1 aliphatic rings. The molecule has 8 nitrogen and oxygen atoms in total. The van der Waals surface area contributed by atoms with Crippen molar-refractivity contribution >= 4 is 17.6 Å². The van der Waals surface area contributed by atoms with E-state index in [1.807, 2.05) is 48.0 Å². The largest absolute Gasteiger partial charge is 0.357 e. The van der Waals surface area contributed by atoms with Crippen molar-refractivity contribution in [2.24, 2.45) is 4.99 Å². The van der Waals surface area contributed by atoms with Crippen LogP contribution in [0.15, 0.2) is 66.3 Å². The van der Waals surface area contributed by atoms with Gasteiger partial charge in [-0.1, -0.05) is 18.2 Å². The molecular formula is C22H25N7O. The van der Waals surface area contributed by atoms with Crippen molar-refractivity contribution in [3.63, 3.8) is 0 Å². The van der Waals surface area contributed by atoms with Crippen molar-refractivity contribution < 1.29 is 4.79 Å². The third-order valence-corrected chi connectivity index (χ3v) is 4.97. The van der Waals surface area contributed by atoms with Crippen molar-refractivity contribution in [3.8, 4) is 5.82 Å². The standard InChI is InChI=1S/C22H25N7O/c1-2-24-22(26-13-16-7-8-25-20(11-16)29-10-9-23-15-29)27-14-17-12-21(30)28-19-6-4-3-5-18(17)19/h3-11,15,17H,2,12-14H2,1H3,(H,28,30)(H2,24,26,27). The fourth-order valence-corrected chi connectivity index (χ4v) is 3.51. The number of hydrogen-bond donors (Lipinski definition) is 3. The maximum absolute atomic E-state index is 12.0. The number of hydrogen-bond acceptors (Lipinski definition) is 4. The zero-order valence-electron chi connectivity index (χ0n) is 16.9. The highest BCUT2D eigenvalue weighted by molar-refractivity contribution is 5.94. The van der Waals surface area contributed by atoms with Crippen molar-refractivity contribution in [1.82, 2.24) is 25.2 Å². The van der Waals surface area contributed by atoms with E-state index in [2.05, 4.69) is 32.0 Å². The quantitative estimate of drug-likeness (QED) is 0.434. The summed E-state index contributed by atoms with van der Waals surface area (Å²) in [6.45, 7) is 3.93. The van der Waals surface area contributed by atoms with Gasteiger partial charge in [-0.05, 0) is 36.2 Å². The average Bonchev–Trinajstić information content (AvgIpc) is 3.30.